The van der Waals surface area contributed by atoms with Crippen molar-refractivity contribution in [1.82, 2.24) is 0 Å². The second kappa shape index (κ2) is 7.81. The molecule has 0 bridgehead atoms. The van der Waals surface area contributed by atoms with Gasteiger partial charge in [-0.15, -0.1) is 0 Å². The third-order valence-corrected chi connectivity index (χ3v) is 2.36. The number of hydrogen-bond acceptors (Lipinski definition) is 3. The van der Waals surface area contributed by atoms with Crippen LogP contribution in [0, 0.1) is 0 Å². The maximum atomic E-state index is 11.5. The quantitative estimate of drug-likeness (QED) is 0.712. The first kappa shape index (κ1) is 13.7. The van der Waals surface area contributed by atoms with Crippen molar-refractivity contribution in [2.24, 2.45) is 0 Å². The molecule has 0 aliphatic carbocycles. The van der Waals surface area contributed by atoms with Gasteiger partial charge in [0.05, 0.1) is 6.61 Å². The molecule has 0 unspecified atom stereocenters. The summed E-state index contributed by atoms with van der Waals surface area (Å²) in [6.45, 7) is 0.712. The molecule has 0 atom stereocenters. The van der Waals surface area contributed by atoms with Crippen LogP contribution in [0.25, 0.3) is 0 Å². The molecule has 0 aliphatic rings. The second-order valence-corrected chi connectivity index (χ2v) is 3.86. The van der Waals surface area contributed by atoms with Crippen molar-refractivity contribution in [3.8, 4) is 0 Å². The molecule has 0 aromatic heterocycles. The van der Waals surface area contributed by atoms with E-state index in [0.717, 1.165) is 11.3 Å². The zero-order chi connectivity index (χ0) is 12.5. The Morgan fingerprint density at radius 3 is 2.59 bits per heavy atom. The first-order chi connectivity index (χ1) is 8.26. The SMILES string of the molecule is COCc1ccc(NC(=O)CCCCO)cc1. The van der Waals surface area contributed by atoms with Gasteiger partial charge in [-0.05, 0) is 30.5 Å². The molecule has 94 valence electrons. The summed E-state index contributed by atoms with van der Waals surface area (Å²) in [6.07, 6.45) is 1.82. The van der Waals surface area contributed by atoms with Crippen LogP contribution in [-0.4, -0.2) is 24.7 Å². The van der Waals surface area contributed by atoms with Crippen molar-refractivity contribution in [1.29, 1.82) is 0 Å². The van der Waals surface area contributed by atoms with Crippen molar-refractivity contribution in [3.05, 3.63) is 29.8 Å². The van der Waals surface area contributed by atoms with Crippen LogP contribution in [0.2, 0.25) is 0 Å². The average Bonchev–Trinajstić information content (AvgIpc) is 2.32. The molecule has 0 heterocycles. The Morgan fingerprint density at radius 1 is 1.29 bits per heavy atom. The second-order valence-electron chi connectivity index (χ2n) is 3.86. The minimum Gasteiger partial charge on any atom is -0.396 e. The summed E-state index contributed by atoms with van der Waals surface area (Å²) in [5.41, 5.74) is 1.87. The fourth-order valence-corrected chi connectivity index (χ4v) is 1.47. The highest BCUT2D eigenvalue weighted by atomic mass is 16.5. The highest BCUT2D eigenvalue weighted by Crippen LogP contribution is 2.11. The Labute approximate surface area is 102 Å². The lowest BCUT2D eigenvalue weighted by molar-refractivity contribution is -0.116. The van der Waals surface area contributed by atoms with E-state index in [4.69, 9.17) is 9.84 Å². The summed E-state index contributed by atoms with van der Waals surface area (Å²) >= 11 is 0. The molecule has 1 amide bonds. The smallest absolute Gasteiger partial charge is 0.224 e. The van der Waals surface area contributed by atoms with Gasteiger partial charge in [-0.25, -0.2) is 0 Å². The Morgan fingerprint density at radius 2 is 2.00 bits per heavy atom. The molecule has 1 aromatic carbocycles. The number of carbonyl (C=O) groups excluding carboxylic acids is 1. The number of hydrogen-bond donors (Lipinski definition) is 2. The number of rotatable bonds is 7. The van der Waals surface area contributed by atoms with E-state index in [0.29, 0.717) is 25.9 Å². The lowest BCUT2D eigenvalue weighted by atomic mass is 10.2. The van der Waals surface area contributed by atoms with Crippen LogP contribution in [-0.2, 0) is 16.1 Å². The molecular weight excluding hydrogens is 218 g/mol. The van der Waals surface area contributed by atoms with Crippen LogP contribution in [0.4, 0.5) is 5.69 Å². The van der Waals surface area contributed by atoms with Gasteiger partial charge in [0.2, 0.25) is 5.91 Å². The normalized spacial score (nSPS) is 10.2. The average molecular weight is 237 g/mol. The molecule has 1 aromatic rings. The van der Waals surface area contributed by atoms with Gasteiger partial charge >= 0.3 is 0 Å². The molecular formula is C13H19NO3. The van der Waals surface area contributed by atoms with E-state index in [1.165, 1.54) is 0 Å². The molecule has 4 nitrogen and oxygen atoms in total. The predicted molar refractivity (Wildman–Crippen MR) is 66.7 cm³/mol. The monoisotopic (exact) mass is 237 g/mol. The van der Waals surface area contributed by atoms with E-state index in [9.17, 15) is 4.79 Å². The van der Waals surface area contributed by atoms with Crippen LogP contribution in [0.5, 0.6) is 0 Å². The summed E-state index contributed by atoms with van der Waals surface area (Å²) in [5.74, 6) is -0.0158. The molecule has 0 saturated heterocycles. The maximum Gasteiger partial charge on any atom is 0.224 e. The Balaban J connectivity index is 2.37. The number of carbonyl (C=O) groups is 1. The van der Waals surface area contributed by atoms with Crippen molar-refractivity contribution in [3.63, 3.8) is 0 Å². The number of aliphatic hydroxyl groups excluding tert-OH is 1. The number of anilines is 1. The fraction of sp³-hybridized carbons (Fsp3) is 0.462. The molecule has 4 heteroatoms. The van der Waals surface area contributed by atoms with Crippen molar-refractivity contribution < 1.29 is 14.6 Å². The minimum atomic E-state index is -0.0158. The largest absolute Gasteiger partial charge is 0.396 e. The third kappa shape index (κ3) is 5.47. The van der Waals surface area contributed by atoms with Crippen LogP contribution >= 0.6 is 0 Å². The first-order valence-corrected chi connectivity index (χ1v) is 5.75. The van der Waals surface area contributed by atoms with Crippen molar-refractivity contribution >= 4 is 11.6 Å². The van der Waals surface area contributed by atoms with Crippen LogP contribution in [0.3, 0.4) is 0 Å². The number of ether oxygens (including phenoxy) is 1. The number of amides is 1. The minimum absolute atomic E-state index is 0.0158. The van der Waals surface area contributed by atoms with Gasteiger partial charge in [0.25, 0.3) is 0 Å². The van der Waals surface area contributed by atoms with Gasteiger partial charge in [0.15, 0.2) is 0 Å². The van der Waals surface area contributed by atoms with E-state index in [2.05, 4.69) is 5.32 Å². The Kier molecular flexibility index (Phi) is 6.29. The van der Waals surface area contributed by atoms with Crippen molar-refractivity contribution in [2.75, 3.05) is 19.0 Å². The van der Waals surface area contributed by atoms with Crippen LogP contribution in [0.15, 0.2) is 24.3 Å². The topological polar surface area (TPSA) is 58.6 Å². The van der Waals surface area contributed by atoms with Gasteiger partial charge in [-0.1, -0.05) is 12.1 Å². The van der Waals surface area contributed by atoms with Gasteiger partial charge in [0.1, 0.15) is 0 Å². The summed E-state index contributed by atoms with van der Waals surface area (Å²) in [7, 11) is 1.65. The summed E-state index contributed by atoms with van der Waals surface area (Å²) in [5, 5.41) is 11.4. The Hall–Kier alpha value is -1.39. The highest BCUT2D eigenvalue weighted by Gasteiger charge is 2.01. The van der Waals surface area contributed by atoms with Crippen molar-refractivity contribution in [2.45, 2.75) is 25.9 Å². The lowest BCUT2D eigenvalue weighted by Gasteiger charge is -2.06. The third-order valence-electron chi connectivity index (χ3n) is 2.36. The number of methoxy groups -OCH3 is 1. The van der Waals surface area contributed by atoms with Gasteiger partial charge in [-0.2, -0.15) is 0 Å². The number of nitrogens with one attached hydrogen (secondary N) is 1. The zero-order valence-electron chi connectivity index (χ0n) is 10.1. The van der Waals surface area contributed by atoms with E-state index < -0.39 is 0 Å². The highest BCUT2D eigenvalue weighted by molar-refractivity contribution is 5.90. The molecule has 0 fully saturated rings. The van der Waals surface area contributed by atoms with Gasteiger partial charge in [0, 0.05) is 25.8 Å². The predicted octanol–water partition coefficient (Wildman–Crippen LogP) is 1.93. The van der Waals surface area contributed by atoms with E-state index >= 15 is 0 Å². The first-order valence-electron chi connectivity index (χ1n) is 5.75. The number of aliphatic hydroxyl groups is 1. The zero-order valence-corrected chi connectivity index (χ0v) is 10.1. The number of unbranched alkanes of at least 4 members (excludes halogenated alkanes) is 1. The lowest BCUT2D eigenvalue weighted by Crippen LogP contribution is -2.11. The maximum absolute atomic E-state index is 11.5. The molecule has 0 saturated carbocycles. The molecule has 0 spiro atoms. The molecule has 1 rings (SSSR count). The molecule has 0 radical (unpaired) electrons. The van der Waals surface area contributed by atoms with E-state index in [-0.39, 0.29) is 12.5 Å². The molecule has 17 heavy (non-hydrogen) atoms. The number of benzene rings is 1. The summed E-state index contributed by atoms with van der Waals surface area (Å²) in [4.78, 5) is 11.5. The van der Waals surface area contributed by atoms with Gasteiger partial charge < -0.3 is 15.2 Å². The fourth-order valence-electron chi connectivity index (χ4n) is 1.47. The van der Waals surface area contributed by atoms with Crippen LogP contribution in [0.1, 0.15) is 24.8 Å². The molecule has 2 N–H and O–H groups in total. The van der Waals surface area contributed by atoms with Gasteiger partial charge in [-0.3, -0.25) is 4.79 Å². The van der Waals surface area contributed by atoms with E-state index in [1.54, 1.807) is 7.11 Å². The standard InChI is InChI=1S/C13H19NO3/c1-17-10-11-5-7-12(8-6-11)14-13(16)4-2-3-9-15/h5-8,15H,2-4,9-10H2,1H3,(H,14,16). The summed E-state index contributed by atoms with van der Waals surface area (Å²) < 4.78 is 5.00. The van der Waals surface area contributed by atoms with Crippen LogP contribution < -0.4 is 5.32 Å². The molecule has 0 aliphatic heterocycles. The summed E-state index contributed by atoms with van der Waals surface area (Å²) in [6, 6.07) is 7.57. The Bertz CT molecular complexity index is 335. The van der Waals surface area contributed by atoms with E-state index in [1.807, 2.05) is 24.3 Å².